The zero-order valence-corrected chi connectivity index (χ0v) is 14.3. The van der Waals surface area contributed by atoms with Crippen LogP contribution in [0.5, 0.6) is 5.75 Å². The lowest BCUT2D eigenvalue weighted by Crippen LogP contribution is -2.13. The lowest BCUT2D eigenvalue weighted by atomic mass is 9.98. The lowest BCUT2D eigenvalue weighted by molar-refractivity contribution is -0.112. The summed E-state index contributed by atoms with van der Waals surface area (Å²) in [7, 11) is 1.58. The summed E-state index contributed by atoms with van der Waals surface area (Å²) in [5.41, 5.74) is 4.82. The maximum absolute atomic E-state index is 12.4. The molecule has 122 valence electrons. The molecule has 0 aliphatic carbocycles. The molecule has 0 bridgehead atoms. The Bertz CT molecular complexity index is 805. The number of ether oxygens (including phenoxy) is 1. The van der Waals surface area contributed by atoms with Crippen LogP contribution in [-0.2, 0) is 4.79 Å². The molecule has 4 nitrogen and oxygen atoms in total. The van der Waals surface area contributed by atoms with Crippen molar-refractivity contribution in [1.82, 2.24) is 0 Å². The van der Waals surface area contributed by atoms with E-state index in [0.717, 1.165) is 22.3 Å². The second kappa shape index (κ2) is 7.47. The number of anilines is 1. The van der Waals surface area contributed by atoms with E-state index in [1.54, 1.807) is 37.5 Å². The van der Waals surface area contributed by atoms with Crippen molar-refractivity contribution in [3.8, 4) is 11.8 Å². The van der Waals surface area contributed by atoms with Gasteiger partial charge >= 0.3 is 0 Å². The number of carbonyl (C=O) groups excluding carboxylic acids is 1. The third kappa shape index (κ3) is 4.02. The highest BCUT2D eigenvalue weighted by molar-refractivity contribution is 6.09. The zero-order chi connectivity index (χ0) is 17.7. The normalized spacial score (nSPS) is 10.9. The summed E-state index contributed by atoms with van der Waals surface area (Å²) in [5.74, 6) is 0.275. The van der Waals surface area contributed by atoms with Gasteiger partial charge in [0.2, 0.25) is 0 Å². The van der Waals surface area contributed by atoms with Crippen molar-refractivity contribution < 1.29 is 9.53 Å². The third-order valence-electron chi connectivity index (χ3n) is 3.74. The number of nitriles is 1. The van der Waals surface area contributed by atoms with Gasteiger partial charge in [0.05, 0.1) is 7.11 Å². The van der Waals surface area contributed by atoms with E-state index in [4.69, 9.17) is 4.74 Å². The molecule has 0 heterocycles. The number of nitrogens with one attached hydrogen (secondary N) is 1. The average Bonchev–Trinajstić information content (AvgIpc) is 2.54. The van der Waals surface area contributed by atoms with Crippen LogP contribution in [0, 0.1) is 32.1 Å². The number of hydrogen-bond acceptors (Lipinski definition) is 3. The molecule has 0 radical (unpaired) electrons. The fourth-order valence-corrected chi connectivity index (χ4v) is 2.58. The first-order valence-corrected chi connectivity index (χ1v) is 7.59. The van der Waals surface area contributed by atoms with E-state index in [0.29, 0.717) is 11.4 Å². The van der Waals surface area contributed by atoms with Crippen LogP contribution < -0.4 is 10.1 Å². The molecular formula is C20H20N2O2. The van der Waals surface area contributed by atoms with Gasteiger partial charge in [-0.25, -0.2) is 0 Å². The van der Waals surface area contributed by atoms with E-state index in [2.05, 4.69) is 5.32 Å². The Labute approximate surface area is 142 Å². The molecule has 0 aliphatic heterocycles. The van der Waals surface area contributed by atoms with Crippen molar-refractivity contribution in [2.75, 3.05) is 12.4 Å². The van der Waals surface area contributed by atoms with Crippen molar-refractivity contribution >= 4 is 17.7 Å². The van der Waals surface area contributed by atoms with Crippen molar-refractivity contribution in [1.29, 1.82) is 5.26 Å². The first-order valence-electron chi connectivity index (χ1n) is 7.59. The summed E-state index contributed by atoms with van der Waals surface area (Å²) in [6, 6.07) is 13.0. The number of amides is 1. The minimum Gasteiger partial charge on any atom is -0.497 e. The Hall–Kier alpha value is -3.06. The van der Waals surface area contributed by atoms with E-state index in [1.807, 2.05) is 39.0 Å². The second-order valence-electron chi connectivity index (χ2n) is 5.66. The molecule has 0 aliphatic rings. The zero-order valence-electron chi connectivity index (χ0n) is 14.3. The monoisotopic (exact) mass is 320 g/mol. The molecule has 0 spiro atoms. The smallest absolute Gasteiger partial charge is 0.266 e. The topological polar surface area (TPSA) is 62.1 Å². The van der Waals surface area contributed by atoms with E-state index in [1.165, 1.54) is 0 Å². The van der Waals surface area contributed by atoms with Gasteiger partial charge in [0.25, 0.3) is 5.91 Å². The predicted molar refractivity (Wildman–Crippen MR) is 95.9 cm³/mol. The van der Waals surface area contributed by atoms with E-state index in [-0.39, 0.29) is 5.57 Å². The van der Waals surface area contributed by atoms with Crippen LogP contribution in [0.1, 0.15) is 22.3 Å². The minimum atomic E-state index is -0.429. The second-order valence-corrected chi connectivity index (χ2v) is 5.66. The maximum Gasteiger partial charge on any atom is 0.266 e. The van der Waals surface area contributed by atoms with Gasteiger partial charge < -0.3 is 10.1 Å². The average molecular weight is 320 g/mol. The van der Waals surface area contributed by atoms with Crippen LogP contribution in [0.2, 0.25) is 0 Å². The molecule has 0 saturated heterocycles. The van der Waals surface area contributed by atoms with Gasteiger partial charge in [-0.05, 0) is 67.8 Å². The highest BCUT2D eigenvalue weighted by atomic mass is 16.5. The number of benzene rings is 2. The summed E-state index contributed by atoms with van der Waals surface area (Å²) >= 11 is 0. The molecule has 0 unspecified atom stereocenters. The molecule has 2 aromatic rings. The van der Waals surface area contributed by atoms with Crippen molar-refractivity contribution in [2.45, 2.75) is 20.8 Å². The number of rotatable bonds is 4. The van der Waals surface area contributed by atoms with E-state index in [9.17, 15) is 10.1 Å². The van der Waals surface area contributed by atoms with Crippen LogP contribution >= 0.6 is 0 Å². The number of carbonyl (C=O) groups is 1. The molecule has 0 atom stereocenters. The van der Waals surface area contributed by atoms with Gasteiger partial charge in [0, 0.05) is 5.69 Å². The van der Waals surface area contributed by atoms with Crippen LogP contribution in [0.25, 0.3) is 6.08 Å². The number of nitrogens with zero attached hydrogens (tertiary/aromatic N) is 1. The van der Waals surface area contributed by atoms with Gasteiger partial charge in [-0.3, -0.25) is 4.79 Å². The number of aryl methyl sites for hydroxylation is 3. The van der Waals surface area contributed by atoms with E-state index >= 15 is 0 Å². The van der Waals surface area contributed by atoms with Crippen molar-refractivity contribution in [3.63, 3.8) is 0 Å². The molecule has 24 heavy (non-hydrogen) atoms. The summed E-state index contributed by atoms with van der Waals surface area (Å²) in [6.45, 7) is 5.97. The standard InChI is InChI=1S/C20H20N2O2/c1-13-9-14(2)19(15(3)10-13)11-16(12-21)20(23)22-17-5-7-18(24-4)8-6-17/h5-11H,1-4H3,(H,22,23)/b16-11-. The Balaban J connectivity index is 2.27. The molecular weight excluding hydrogens is 300 g/mol. The van der Waals surface area contributed by atoms with Gasteiger partial charge in [0.15, 0.2) is 0 Å². The minimum absolute atomic E-state index is 0.0703. The first-order chi connectivity index (χ1) is 11.4. The van der Waals surface area contributed by atoms with Crippen molar-refractivity contribution in [3.05, 3.63) is 64.2 Å². The van der Waals surface area contributed by atoms with E-state index < -0.39 is 5.91 Å². The first kappa shape index (κ1) is 17.3. The summed E-state index contributed by atoms with van der Waals surface area (Å²) in [4.78, 5) is 12.4. The van der Waals surface area contributed by atoms with Crippen molar-refractivity contribution in [2.24, 2.45) is 0 Å². The van der Waals surface area contributed by atoms with Gasteiger partial charge in [-0.15, -0.1) is 0 Å². The fourth-order valence-electron chi connectivity index (χ4n) is 2.58. The molecule has 0 fully saturated rings. The number of hydrogen-bond donors (Lipinski definition) is 1. The predicted octanol–water partition coefficient (Wildman–Crippen LogP) is 4.17. The van der Waals surface area contributed by atoms with Crippen LogP contribution in [-0.4, -0.2) is 13.0 Å². The van der Waals surface area contributed by atoms with Gasteiger partial charge in [0.1, 0.15) is 17.4 Å². The summed E-state index contributed by atoms with van der Waals surface area (Å²) in [6.07, 6.45) is 1.64. The highest BCUT2D eigenvalue weighted by Gasteiger charge is 2.11. The quantitative estimate of drug-likeness (QED) is 0.679. The van der Waals surface area contributed by atoms with Crippen LogP contribution in [0.4, 0.5) is 5.69 Å². The Kier molecular flexibility index (Phi) is 5.39. The van der Waals surface area contributed by atoms with Gasteiger partial charge in [-0.2, -0.15) is 5.26 Å². The largest absolute Gasteiger partial charge is 0.497 e. The molecule has 0 aromatic heterocycles. The van der Waals surface area contributed by atoms with Gasteiger partial charge in [-0.1, -0.05) is 17.7 Å². The summed E-state index contributed by atoms with van der Waals surface area (Å²) < 4.78 is 5.08. The third-order valence-corrected chi connectivity index (χ3v) is 3.74. The Morgan fingerprint density at radius 1 is 1.12 bits per heavy atom. The summed E-state index contributed by atoms with van der Waals surface area (Å²) in [5, 5.41) is 12.1. The molecule has 2 rings (SSSR count). The fraction of sp³-hybridized carbons (Fsp3) is 0.200. The lowest BCUT2D eigenvalue weighted by Gasteiger charge is -2.09. The number of methoxy groups -OCH3 is 1. The Morgan fingerprint density at radius 2 is 1.71 bits per heavy atom. The molecule has 1 amide bonds. The molecule has 4 heteroatoms. The Morgan fingerprint density at radius 3 is 2.21 bits per heavy atom. The SMILES string of the molecule is COc1ccc(NC(=O)/C(C#N)=C\c2c(C)cc(C)cc2C)cc1. The molecule has 2 aromatic carbocycles. The maximum atomic E-state index is 12.4. The molecule has 1 N–H and O–H groups in total. The highest BCUT2D eigenvalue weighted by Crippen LogP contribution is 2.20. The van der Waals surface area contributed by atoms with Crippen LogP contribution in [0.3, 0.4) is 0 Å². The molecule has 0 saturated carbocycles. The van der Waals surface area contributed by atoms with Crippen LogP contribution in [0.15, 0.2) is 42.0 Å².